The van der Waals surface area contributed by atoms with Crippen LogP contribution in [-0.2, 0) is 14.8 Å². The number of hydrogen-bond donors (Lipinski definition) is 2. The summed E-state index contributed by atoms with van der Waals surface area (Å²) in [5, 5.41) is 2.65. The highest BCUT2D eigenvalue weighted by Crippen LogP contribution is 2.14. The molecule has 0 fully saturated rings. The molecular weight excluding hydrogens is 314 g/mol. The standard InChI is InChI=1S/C16H19N3O3S/c1-12-5-6-15(10-13(12)2)23(21,22)18-9-7-16(20)19-14-4-3-8-17-11-14/h3-6,8,10-11,18H,7,9H2,1-2H3,(H,19,20). The molecule has 1 heterocycles. The first kappa shape index (κ1) is 17.1. The van der Waals surface area contributed by atoms with E-state index in [1.54, 1.807) is 36.5 Å². The fourth-order valence-electron chi connectivity index (χ4n) is 1.92. The summed E-state index contributed by atoms with van der Waals surface area (Å²) in [6.07, 6.45) is 3.17. The number of anilines is 1. The first-order valence-electron chi connectivity index (χ1n) is 7.15. The van der Waals surface area contributed by atoms with Crippen molar-refractivity contribution in [3.8, 4) is 0 Å². The number of nitrogens with one attached hydrogen (secondary N) is 2. The minimum Gasteiger partial charge on any atom is -0.325 e. The fourth-order valence-corrected chi connectivity index (χ4v) is 3.04. The summed E-state index contributed by atoms with van der Waals surface area (Å²) in [5.41, 5.74) is 2.51. The van der Waals surface area contributed by atoms with Crippen molar-refractivity contribution >= 4 is 21.6 Å². The van der Waals surface area contributed by atoms with Crippen LogP contribution in [0.2, 0.25) is 0 Å². The highest BCUT2D eigenvalue weighted by atomic mass is 32.2. The molecular formula is C16H19N3O3S. The average molecular weight is 333 g/mol. The maximum atomic E-state index is 12.2. The van der Waals surface area contributed by atoms with Crippen molar-refractivity contribution in [1.82, 2.24) is 9.71 Å². The molecule has 0 aliphatic heterocycles. The van der Waals surface area contributed by atoms with Crippen LogP contribution in [0.25, 0.3) is 0 Å². The molecule has 0 bridgehead atoms. The Morgan fingerprint density at radius 3 is 2.61 bits per heavy atom. The predicted octanol–water partition coefficient (Wildman–Crippen LogP) is 2.01. The van der Waals surface area contributed by atoms with Crippen LogP contribution in [0.4, 0.5) is 5.69 Å². The van der Waals surface area contributed by atoms with Gasteiger partial charge in [0, 0.05) is 19.2 Å². The number of aromatic nitrogens is 1. The normalized spacial score (nSPS) is 11.2. The molecule has 2 N–H and O–H groups in total. The molecule has 122 valence electrons. The van der Waals surface area contributed by atoms with Crippen molar-refractivity contribution in [3.63, 3.8) is 0 Å². The van der Waals surface area contributed by atoms with Gasteiger partial charge in [-0.3, -0.25) is 9.78 Å². The van der Waals surface area contributed by atoms with Crippen molar-refractivity contribution in [2.75, 3.05) is 11.9 Å². The number of pyridine rings is 1. The number of sulfonamides is 1. The Kier molecular flexibility index (Phi) is 5.46. The summed E-state index contributed by atoms with van der Waals surface area (Å²) in [4.78, 5) is 15.8. The Labute approximate surface area is 136 Å². The lowest BCUT2D eigenvalue weighted by Gasteiger charge is -2.09. The SMILES string of the molecule is Cc1ccc(S(=O)(=O)NCCC(=O)Nc2cccnc2)cc1C. The van der Waals surface area contributed by atoms with Gasteiger partial charge in [-0.05, 0) is 49.2 Å². The second-order valence-corrected chi connectivity index (χ2v) is 6.95. The van der Waals surface area contributed by atoms with Crippen LogP contribution >= 0.6 is 0 Å². The van der Waals surface area contributed by atoms with E-state index in [2.05, 4.69) is 15.0 Å². The van der Waals surface area contributed by atoms with Crippen molar-refractivity contribution in [2.45, 2.75) is 25.2 Å². The van der Waals surface area contributed by atoms with Gasteiger partial charge in [0.05, 0.1) is 16.8 Å². The largest absolute Gasteiger partial charge is 0.325 e. The van der Waals surface area contributed by atoms with E-state index in [0.29, 0.717) is 5.69 Å². The summed E-state index contributed by atoms with van der Waals surface area (Å²) in [7, 11) is -3.61. The molecule has 0 aliphatic carbocycles. The molecule has 6 nitrogen and oxygen atoms in total. The number of aryl methyl sites for hydroxylation is 2. The molecule has 0 saturated heterocycles. The summed E-state index contributed by atoms with van der Waals surface area (Å²) in [6, 6.07) is 8.36. The molecule has 0 radical (unpaired) electrons. The van der Waals surface area contributed by atoms with Crippen LogP contribution in [-0.4, -0.2) is 25.9 Å². The lowest BCUT2D eigenvalue weighted by molar-refractivity contribution is -0.116. The van der Waals surface area contributed by atoms with E-state index in [1.807, 2.05) is 13.8 Å². The van der Waals surface area contributed by atoms with Gasteiger partial charge < -0.3 is 5.32 Å². The quantitative estimate of drug-likeness (QED) is 0.846. The summed E-state index contributed by atoms with van der Waals surface area (Å²) >= 11 is 0. The lowest BCUT2D eigenvalue weighted by atomic mass is 10.1. The van der Waals surface area contributed by atoms with Gasteiger partial charge in [0.2, 0.25) is 15.9 Å². The van der Waals surface area contributed by atoms with Gasteiger partial charge in [0.15, 0.2) is 0 Å². The van der Waals surface area contributed by atoms with Crippen LogP contribution in [0.15, 0.2) is 47.6 Å². The average Bonchev–Trinajstić information content (AvgIpc) is 2.50. The van der Waals surface area contributed by atoms with E-state index in [9.17, 15) is 13.2 Å². The summed E-state index contributed by atoms with van der Waals surface area (Å²) in [6.45, 7) is 3.80. The van der Waals surface area contributed by atoms with Crippen LogP contribution in [0.1, 0.15) is 17.5 Å². The first-order chi connectivity index (χ1) is 10.9. The second kappa shape index (κ2) is 7.34. The third-order valence-electron chi connectivity index (χ3n) is 3.38. The fraction of sp³-hybridized carbons (Fsp3) is 0.250. The summed E-state index contributed by atoms with van der Waals surface area (Å²) in [5.74, 6) is -0.277. The zero-order valence-electron chi connectivity index (χ0n) is 13.0. The number of amides is 1. The van der Waals surface area contributed by atoms with E-state index < -0.39 is 10.0 Å². The van der Waals surface area contributed by atoms with Gasteiger partial charge >= 0.3 is 0 Å². The molecule has 0 spiro atoms. The molecule has 2 rings (SSSR count). The van der Waals surface area contributed by atoms with Crippen LogP contribution < -0.4 is 10.0 Å². The van der Waals surface area contributed by atoms with Crippen LogP contribution in [0, 0.1) is 13.8 Å². The minimum atomic E-state index is -3.61. The maximum Gasteiger partial charge on any atom is 0.240 e. The third kappa shape index (κ3) is 4.87. The molecule has 0 saturated carbocycles. The smallest absolute Gasteiger partial charge is 0.240 e. The predicted molar refractivity (Wildman–Crippen MR) is 88.6 cm³/mol. The summed E-state index contributed by atoms with van der Waals surface area (Å²) < 4.78 is 26.8. The van der Waals surface area contributed by atoms with Crippen molar-refractivity contribution in [1.29, 1.82) is 0 Å². The molecule has 1 amide bonds. The Bertz CT molecular complexity index is 789. The van der Waals surface area contributed by atoms with E-state index >= 15 is 0 Å². The number of nitrogens with zero attached hydrogens (tertiary/aromatic N) is 1. The van der Waals surface area contributed by atoms with Gasteiger partial charge in [-0.1, -0.05) is 6.07 Å². The van der Waals surface area contributed by atoms with Gasteiger partial charge in [-0.2, -0.15) is 0 Å². The maximum absolute atomic E-state index is 12.2. The minimum absolute atomic E-state index is 0.0291. The monoisotopic (exact) mass is 333 g/mol. The number of carbonyl (C=O) groups is 1. The van der Waals surface area contributed by atoms with Crippen molar-refractivity contribution in [2.24, 2.45) is 0 Å². The Morgan fingerprint density at radius 1 is 1.17 bits per heavy atom. The van der Waals surface area contributed by atoms with E-state index in [1.165, 1.54) is 6.20 Å². The van der Waals surface area contributed by atoms with Gasteiger partial charge in [-0.25, -0.2) is 13.1 Å². The van der Waals surface area contributed by atoms with Crippen molar-refractivity contribution < 1.29 is 13.2 Å². The van der Waals surface area contributed by atoms with Gasteiger partial charge in [0.25, 0.3) is 0 Å². The van der Waals surface area contributed by atoms with Gasteiger partial charge in [-0.15, -0.1) is 0 Å². The Morgan fingerprint density at radius 2 is 1.96 bits per heavy atom. The lowest BCUT2D eigenvalue weighted by Crippen LogP contribution is -2.28. The number of rotatable bonds is 6. The highest BCUT2D eigenvalue weighted by molar-refractivity contribution is 7.89. The molecule has 1 aromatic heterocycles. The molecule has 1 aromatic carbocycles. The molecule has 23 heavy (non-hydrogen) atoms. The first-order valence-corrected chi connectivity index (χ1v) is 8.63. The molecule has 0 unspecified atom stereocenters. The number of carbonyl (C=O) groups excluding carboxylic acids is 1. The van der Waals surface area contributed by atoms with Gasteiger partial charge in [0.1, 0.15) is 0 Å². The highest BCUT2D eigenvalue weighted by Gasteiger charge is 2.14. The topological polar surface area (TPSA) is 88.2 Å². The Hall–Kier alpha value is -2.25. The molecule has 0 atom stereocenters. The number of benzene rings is 1. The van der Waals surface area contributed by atoms with Crippen LogP contribution in [0.3, 0.4) is 0 Å². The van der Waals surface area contributed by atoms with Crippen molar-refractivity contribution in [3.05, 3.63) is 53.9 Å². The zero-order valence-corrected chi connectivity index (χ0v) is 13.9. The second-order valence-electron chi connectivity index (χ2n) is 5.18. The molecule has 7 heteroatoms. The van der Waals surface area contributed by atoms with E-state index in [-0.39, 0.29) is 23.8 Å². The van der Waals surface area contributed by atoms with E-state index in [0.717, 1.165) is 11.1 Å². The van der Waals surface area contributed by atoms with E-state index in [4.69, 9.17) is 0 Å². The number of hydrogen-bond acceptors (Lipinski definition) is 4. The molecule has 2 aromatic rings. The molecule has 0 aliphatic rings. The van der Waals surface area contributed by atoms with Crippen LogP contribution in [0.5, 0.6) is 0 Å². The zero-order chi connectivity index (χ0) is 16.9. The Balaban J connectivity index is 1.89. The third-order valence-corrected chi connectivity index (χ3v) is 4.84.